The highest BCUT2D eigenvalue weighted by Crippen LogP contribution is 2.32. The summed E-state index contributed by atoms with van der Waals surface area (Å²) >= 11 is 13.9. The Hall–Kier alpha value is -0.610. The van der Waals surface area contributed by atoms with E-state index in [1.54, 1.807) is 17.4 Å². The van der Waals surface area contributed by atoms with E-state index in [2.05, 4.69) is 10.3 Å². The summed E-state index contributed by atoms with van der Waals surface area (Å²) in [6, 6.07) is 5.53. The molecule has 0 aliphatic carbocycles. The molecule has 1 heterocycles. The molecule has 0 aliphatic heterocycles. The van der Waals surface area contributed by atoms with Crippen LogP contribution in [-0.4, -0.2) is 12.0 Å². The fraction of sp³-hybridized carbons (Fsp3) is 0.250. The van der Waals surface area contributed by atoms with E-state index in [1.807, 2.05) is 32.3 Å². The number of aryl methyl sites for hydroxylation is 1. The van der Waals surface area contributed by atoms with E-state index < -0.39 is 0 Å². The third-order valence-corrected chi connectivity index (χ3v) is 4.04. The molecule has 1 aromatic carbocycles. The monoisotopic (exact) mass is 286 g/mol. The van der Waals surface area contributed by atoms with E-state index in [1.165, 1.54) is 0 Å². The first-order valence-corrected chi connectivity index (χ1v) is 6.73. The Bertz CT molecular complexity index is 525. The predicted molar refractivity (Wildman–Crippen MR) is 74.2 cm³/mol. The molecule has 1 aromatic heterocycles. The zero-order valence-corrected chi connectivity index (χ0v) is 11.8. The Morgan fingerprint density at radius 3 is 2.71 bits per heavy atom. The molecule has 90 valence electrons. The van der Waals surface area contributed by atoms with Gasteiger partial charge in [0.25, 0.3) is 0 Å². The molecule has 2 nitrogen and oxygen atoms in total. The Morgan fingerprint density at radius 1 is 1.35 bits per heavy atom. The van der Waals surface area contributed by atoms with Gasteiger partial charge < -0.3 is 5.32 Å². The van der Waals surface area contributed by atoms with Crippen LogP contribution in [0.15, 0.2) is 24.4 Å². The van der Waals surface area contributed by atoms with Crippen molar-refractivity contribution in [1.29, 1.82) is 0 Å². The average Bonchev–Trinajstić information content (AvgIpc) is 2.71. The lowest BCUT2D eigenvalue weighted by Gasteiger charge is -2.16. The quantitative estimate of drug-likeness (QED) is 0.920. The van der Waals surface area contributed by atoms with Gasteiger partial charge in [-0.2, -0.15) is 0 Å². The molecule has 1 unspecified atom stereocenters. The maximum atomic E-state index is 6.21. The number of benzene rings is 1. The van der Waals surface area contributed by atoms with Gasteiger partial charge in [0.1, 0.15) is 0 Å². The fourth-order valence-electron chi connectivity index (χ4n) is 1.70. The van der Waals surface area contributed by atoms with Crippen molar-refractivity contribution in [2.45, 2.75) is 13.0 Å². The van der Waals surface area contributed by atoms with E-state index in [4.69, 9.17) is 23.2 Å². The van der Waals surface area contributed by atoms with Gasteiger partial charge in [0, 0.05) is 21.1 Å². The minimum Gasteiger partial charge on any atom is -0.309 e. The lowest BCUT2D eigenvalue weighted by atomic mass is 10.1. The lowest BCUT2D eigenvalue weighted by Crippen LogP contribution is -2.16. The summed E-state index contributed by atoms with van der Waals surface area (Å²) in [5.74, 6) is 0. The minimum absolute atomic E-state index is 0.0346. The molecule has 1 N–H and O–H groups in total. The predicted octanol–water partition coefficient (Wildman–Crippen LogP) is 4.07. The second-order valence-corrected chi connectivity index (χ2v) is 5.78. The van der Waals surface area contributed by atoms with Crippen molar-refractivity contribution in [3.63, 3.8) is 0 Å². The van der Waals surface area contributed by atoms with Gasteiger partial charge in [-0.15, -0.1) is 11.3 Å². The van der Waals surface area contributed by atoms with Gasteiger partial charge in [-0.3, -0.25) is 0 Å². The maximum Gasteiger partial charge on any atom is 0.0897 e. The summed E-state index contributed by atoms with van der Waals surface area (Å²) in [4.78, 5) is 5.40. The van der Waals surface area contributed by atoms with Crippen molar-refractivity contribution in [1.82, 2.24) is 10.3 Å². The number of nitrogens with one attached hydrogen (secondary N) is 1. The summed E-state index contributed by atoms with van der Waals surface area (Å²) in [7, 11) is 1.90. The van der Waals surface area contributed by atoms with E-state index in [0.29, 0.717) is 10.0 Å². The van der Waals surface area contributed by atoms with Gasteiger partial charge in [-0.25, -0.2) is 4.98 Å². The van der Waals surface area contributed by atoms with Crippen LogP contribution in [0, 0.1) is 6.92 Å². The van der Waals surface area contributed by atoms with Gasteiger partial charge in [0.2, 0.25) is 0 Å². The Morgan fingerprint density at radius 2 is 2.12 bits per heavy atom. The van der Waals surface area contributed by atoms with Crippen LogP contribution in [0.25, 0.3) is 0 Å². The number of hydrogen-bond acceptors (Lipinski definition) is 3. The number of thiazole rings is 1. The zero-order valence-electron chi connectivity index (χ0n) is 9.50. The summed E-state index contributed by atoms with van der Waals surface area (Å²) in [6.45, 7) is 1.99. The molecule has 0 bridgehead atoms. The van der Waals surface area contributed by atoms with Crippen LogP contribution in [-0.2, 0) is 0 Å². The van der Waals surface area contributed by atoms with Crippen LogP contribution in [0.1, 0.15) is 21.5 Å². The van der Waals surface area contributed by atoms with Gasteiger partial charge in [-0.1, -0.05) is 23.2 Å². The largest absolute Gasteiger partial charge is 0.309 e. The first kappa shape index (κ1) is 12.8. The number of rotatable bonds is 3. The molecule has 17 heavy (non-hydrogen) atoms. The highest BCUT2D eigenvalue weighted by atomic mass is 35.5. The second kappa shape index (κ2) is 5.36. The molecule has 1 atom stereocenters. The molecule has 2 rings (SSSR count). The Kier molecular flexibility index (Phi) is 4.05. The highest BCUT2D eigenvalue weighted by molar-refractivity contribution is 7.11. The molecule has 0 radical (unpaired) electrons. The first-order valence-electron chi connectivity index (χ1n) is 5.16. The van der Waals surface area contributed by atoms with Crippen molar-refractivity contribution in [3.05, 3.63) is 49.9 Å². The average molecular weight is 287 g/mol. The van der Waals surface area contributed by atoms with Crippen molar-refractivity contribution in [2.75, 3.05) is 7.05 Å². The van der Waals surface area contributed by atoms with Crippen LogP contribution in [0.3, 0.4) is 0 Å². The van der Waals surface area contributed by atoms with Gasteiger partial charge >= 0.3 is 0 Å². The van der Waals surface area contributed by atoms with Gasteiger partial charge in [-0.05, 0) is 37.7 Å². The molecule has 0 saturated heterocycles. The number of hydrogen-bond donors (Lipinski definition) is 1. The summed E-state index contributed by atoms with van der Waals surface area (Å²) in [5, 5.41) is 5.68. The molecule has 2 aromatic rings. The Labute approximate surface area is 115 Å². The second-order valence-electron chi connectivity index (χ2n) is 3.67. The van der Waals surface area contributed by atoms with Crippen molar-refractivity contribution >= 4 is 34.5 Å². The molecule has 0 saturated carbocycles. The van der Waals surface area contributed by atoms with E-state index in [0.717, 1.165) is 15.4 Å². The van der Waals surface area contributed by atoms with Crippen LogP contribution < -0.4 is 5.32 Å². The van der Waals surface area contributed by atoms with Crippen LogP contribution in [0.2, 0.25) is 10.0 Å². The molecular weight excluding hydrogens is 275 g/mol. The lowest BCUT2D eigenvalue weighted by molar-refractivity contribution is 0.702. The third-order valence-electron chi connectivity index (χ3n) is 2.48. The topological polar surface area (TPSA) is 24.9 Å². The summed E-state index contributed by atoms with van der Waals surface area (Å²) in [6.07, 6.45) is 1.87. The normalized spacial score (nSPS) is 12.7. The Balaban J connectivity index is 2.45. The van der Waals surface area contributed by atoms with Crippen LogP contribution in [0.4, 0.5) is 0 Å². The smallest absolute Gasteiger partial charge is 0.0897 e. The van der Waals surface area contributed by atoms with Crippen molar-refractivity contribution < 1.29 is 0 Å². The highest BCUT2D eigenvalue weighted by Gasteiger charge is 2.17. The zero-order chi connectivity index (χ0) is 12.4. The number of nitrogens with zero attached hydrogens (tertiary/aromatic N) is 1. The van der Waals surface area contributed by atoms with Crippen molar-refractivity contribution in [3.8, 4) is 0 Å². The van der Waals surface area contributed by atoms with Gasteiger partial charge in [0.15, 0.2) is 0 Å². The molecule has 0 amide bonds. The molecule has 0 aliphatic rings. The van der Waals surface area contributed by atoms with Crippen LogP contribution >= 0.6 is 34.5 Å². The molecule has 0 spiro atoms. The van der Waals surface area contributed by atoms with Crippen LogP contribution in [0.5, 0.6) is 0 Å². The SMILES string of the molecule is CNC(c1cnc(C)s1)c1cc(Cl)ccc1Cl. The minimum atomic E-state index is 0.0346. The van der Waals surface area contributed by atoms with Crippen molar-refractivity contribution in [2.24, 2.45) is 0 Å². The molecular formula is C12H12Cl2N2S. The molecule has 5 heteroatoms. The van der Waals surface area contributed by atoms with E-state index >= 15 is 0 Å². The van der Waals surface area contributed by atoms with E-state index in [-0.39, 0.29) is 6.04 Å². The molecule has 0 fully saturated rings. The number of halogens is 2. The van der Waals surface area contributed by atoms with E-state index in [9.17, 15) is 0 Å². The standard InChI is InChI=1S/C12H12Cl2N2S/c1-7-16-6-11(17-7)12(15-2)9-5-8(13)3-4-10(9)14/h3-6,12,15H,1-2H3. The van der Waals surface area contributed by atoms with Gasteiger partial charge in [0.05, 0.1) is 11.0 Å². The fourth-order valence-corrected chi connectivity index (χ4v) is 3.02. The maximum absolute atomic E-state index is 6.21. The summed E-state index contributed by atoms with van der Waals surface area (Å²) < 4.78 is 0. The summed E-state index contributed by atoms with van der Waals surface area (Å²) in [5.41, 5.74) is 0.977. The first-order chi connectivity index (χ1) is 8.11. The number of aromatic nitrogens is 1. The third kappa shape index (κ3) is 2.80.